The van der Waals surface area contributed by atoms with E-state index in [9.17, 15) is 9.18 Å². The summed E-state index contributed by atoms with van der Waals surface area (Å²) in [6.07, 6.45) is 10.5. The van der Waals surface area contributed by atoms with Crippen LogP contribution in [0.1, 0.15) is 56.9 Å². The zero-order valence-electron chi connectivity index (χ0n) is 14.5. The summed E-state index contributed by atoms with van der Waals surface area (Å²) in [6.45, 7) is 1.49. The molecule has 4 heteroatoms. The van der Waals surface area contributed by atoms with Crippen molar-refractivity contribution < 1.29 is 9.18 Å². The Hall–Kier alpha value is -1.42. The molecule has 1 aliphatic carbocycles. The van der Waals surface area contributed by atoms with Crippen molar-refractivity contribution in [1.29, 1.82) is 0 Å². The van der Waals surface area contributed by atoms with E-state index in [-0.39, 0.29) is 11.7 Å². The molecule has 1 saturated heterocycles. The van der Waals surface area contributed by atoms with Gasteiger partial charge in [-0.1, -0.05) is 37.8 Å². The van der Waals surface area contributed by atoms with E-state index in [1.54, 1.807) is 0 Å². The number of nitrogens with zero attached hydrogens (tertiary/aromatic N) is 1. The second-order valence-corrected chi connectivity index (χ2v) is 7.35. The predicted octanol–water partition coefficient (Wildman–Crippen LogP) is 3.67. The van der Waals surface area contributed by atoms with Gasteiger partial charge in [0.05, 0.1) is 6.54 Å². The van der Waals surface area contributed by atoms with Gasteiger partial charge in [0.25, 0.3) is 0 Å². The van der Waals surface area contributed by atoms with Crippen LogP contribution in [0.5, 0.6) is 0 Å². The summed E-state index contributed by atoms with van der Waals surface area (Å²) < 4.78 is 13.0. The molecular weight excluding hydrogens is 303 g/mol. The molecule has 1 heterocycles. The van der Waals surface area contributed by atoms with Gasteiger partial charge in [-0.25, -0.2) is 4.39 Å². The lowest BCUT2D eigenvalue weighted by molar-refractivity contribution is -0.123. The number of halogens is 1. The molecule has 24 heavy (non-hydrogen) atoms. The summed E-state index contributed by atoms with van der Waals surface area (Å²) in [4.78, 5) is 14.7. The monoisotopic (exact) mass is 332 g/mol. The molecule has 2 aliphatic rings. The van der Waals surface area contributed by atoms with Crippen LogP contribution in [0.3, 0.4) is 0 Å². The summed E-state index contributed by atoms with van der Waals surface area (Å²) in [7, 11) is 0. The normalized spacial score (nSPS) is 23.1. The van der Waals surface area contributed by atoms with Crippen LogP contribution < -0.4 is 5.32 Å². The second-order valence-electron chi connectivity index (χ2n) is 7.35. The molecule has 0 unspecified atom stereocenters. The first-order valence-electron chi connectivity index (χ1n) is 9.48. The molecule has 3 nitrogen and oxygen atoms in total. The van der Waals surface area contributed by atoms with Gasteiger partial charge >= 0.3 is 0 Å². The van der Waals surface area contributed by atoms with Gasteiger partial charge in [0.1, 0.15) is 5.82 Å². The van der Waals surface area contributed by atoms with E-state index in [1.165, 1.54) is 37.8 Å². The van der Waals surface area contributed by atoms with Crippen LogP contribution in [0.2, 0.25) is 0 Å². The van der Waals surface area contributed by atoms with Gasteiger partial charge < -0.3 is 5.32 Å². The van der Waals surface area contributed by atoms with Gasteiger partial charge in [0, 0.05) is 12.1 Å². The lowest BCUT2D eigenvalue weighted by Crippen LogP contribution is -2.44. The quantitative estimate of drug-likeness (QED) is 0.835. The van der Waals surface area contributed by atoms with Crippen molar-refractivity contribution in [1.82, 2.24) is 10.2 Å². The van der Waals surface area contributed by atoms with Crippen molar-refractivity contribution in [2.45, 2.75) is 69.9 Å². The summed E-state index contributed by atoms with van der Waals surface area (Å²) in [6, 6.07) is 7.53. The SMILES string of the molecule is O=C(CN1CCC[C@H]1Cc1ccc(F)cc1)NC1CCCCCC1. The van der Waals surface area contributed by atoms with Crippen molar-refractivity contribution in [3.63, 3.8) is 0 Å². The molecule has 1 aromatic rings. The lowest BCUT2D eigenvalue weighted by atomic mass is 10.0. The highest BCUT2D eigenvalue weighted by atomic mass is 19.1. The third kappa shape index (κ3) is 5.04. The molecule has 0 spiro atoms. The van der Waals surface area contributed by atoms with E-state index < -0.39 is 0 Å². The second kappa shape index (κ2) is 8.61. The number of likely N-dealkylation sites (tertiary alicyclic amines) is 1. The van der Waals surface area contributed by atoms with Gasteiger partial charge in [-0.15, -0.1) is 0 Å². The molecule has 132 valence electrons. The van der Waals surface area contributed by atoms with Crippen LogP contribution in [0.4, 0.5) is 4.39 Å². The third-order valence-corrected chi connectivity index (χ3v) is 5.45. The van der Waals surface area contributed by atoms with E-state index in [0.29, 0.717) is 18.6 Å². The Labute approximate surface area is 144 Å². The Morgan fingerprint density at radius 1 is 1.04 bits per heavy atom. The van der Waals surface area contributed by atoms with Crippen molar-refractivity contribution >= 4 is 5.91 Å². The van der Waals surface area contributed by atoms with Crippen molar-refractivity contribution in [2.24, 2.45) is 0 Å². The number of nitrogens with one attached hydrogen (secondary N) is 1. The number of amides is 1. The van der Waals surface area contributed by atoms with E-state index in [2.05, 4.69) is 10.2 Å². The highest BCUT2D eigenvalue weighted by Gasteiger charge is 2.27. The van der Waals surface area contributed by atoms with Gasteiger partial charge in [-0.3, -0.25) is 9.69 Å². The average molecular weight is 332 g/mol. The van der Waals surface area contributed by atoms with Crippen LogP contribution in [0.25, 0.3) is 0 Å². The maximum absolute atomic E-state index is 13.0. The van der Waals surface area contributed by atoms with Crippen LogP contribution in [-0.2, 0) is 11.2 Å². The lowest BCUT2D eigenvalue weighted by Gasteiger charge is -2.25. The molecule has 0 radical (unpaired) electrons. The molecule has 3 rings (SSSR count). The maximum Gasteiger partial charge on any atom is 0.234 e. The first-order chi connectivity index (χ1) is 11.7. The molecule has 0 bridgehead atoms. The van der Waals surface area contributed by atoms with E-state index in [0.717, 1.165) is 44.2 Å². The number of carbonyl (C=O) groups is 1. The Bertz CT molecular complexity index is 523. The molecule has 1 N–H and O–H groups in total. The van der Waals surface area contributed by atoms with Crippen LogP contribution in [-0.4, -0.2) is 36.0 Å². The molecule has 1 atom stereocenters. The van der Waals surface area contributed by atoms with Gasteiger partial charge in [-0.05, 0) is 56.3 Å². The summed E-state index contributed by atoms with van der Waals surface area (Å²) in [5.41, 5.74) is 1.15. The molecule has 1 amide bonds. The predicted molar refractivity (Wildman–Crippen MR) is 94.3 cm³/mol. The Morgan fingerprint density at radius 3 is 2.46 bits per heavy atom. The van der Waals surface area contributed by atoms with E-state index in [1.807, 2.05) is 12.1 Å². The number of benzene rings is 1. The summed E-state index contributed by atoms with van der Waals surface area (Å²) >= 11 is 0. The molecule has 1 aromatic carbocycles. The van der Waals surface area contributed by atoms with E-state index >= 15 is 0 Å². The van der Waals surface area contributed by atoms with Gasteiger partial charge in [-0.2, -0.15) is 0 Å². The Morgan fingerprint density at radius 2 is 1.75 bits per heavy atom. The van der Waals surface area contributed by atoms with Crippen molar-refractivity contribution in [3.05, 3.63) is 35.6 Å². The van der Waals surface area contributed by atoms with Crippen LogP contribution in [0, 0.1) is 5.82 Å². The topological polar surface area (TPSA) is 32.3 Å². The molecular formula is C20H29FN2O. The largest absolute Gasteiger partial charge is 0.352 e. The van der Waals surface area contributed by atoms with Crippen LogP contribution >= 0.6 is 0 Å². The Kier molecular flexibility index (Phi) is 6.24. The maximum atomic E-state index is 13.0. The number of hydrogen-bond donors (Lipinski definition) is 1. The molecule has 1 saturated carbocycles. The fraction of sp³-hybridized carbons (Fsp3) is 0.650. The van der Waals surface area contributed by atoms with Gasteiger partial charge in [0.15, 0.2) is 0 Å². The standard InChI is InChI=1S/C20H29FN2O/c21-17-11-9-16(10-12-17)14-19-8-5-13-23(19)15-20(24)22-18-6-3-1-2-4-7-18/h9-12,18-19H,1-8,13-15H2,(H,22,24)/t19-/m0/s1. The van der Waals surface area contributed by atoms with Crippen molar-refractivity contribution in [2.75, 3.05) is 13.1 Å². The zero-order valence-corrected chi connectivity index (χ0v) is 14.5. The van der Waals surface area contributed by atoms with Crippen molar-refractivity contribution in [3.8, 4) is 0 Å². The van der Waals surface area contributed by atoms with E-state index in [4.69, 9.17) is 0 Å². The average Bonchev–Trinajstić information content (AvgIpc) is 2.82. The minimum Gasteiger partial charge on any atom is -0.352 e. The first-order valence-corrected chi connectivity index (χ1v) is 9.48. The molecule has 0 aromatic heterocycles. The smallest absolute Gasteiger partial charge is 0.234 e. The highest BCUT2D eigenvalue weighted by Crippen LogP contribution is 2.21. The molecule has 1 aliphatic heterocycles. The van der Waals surface area contributed by atoms with Crippen LogP contribution in [0.15, 0.2) is 24.3 Å². The fourth-order valence-electron chi connectivity index (χ4n) is 4.11. The third-order valence-electron chi connectivity index (χ3n) is 5.45. The minimum atomic E-state index is -0.190. The number of carbonyl (C=O) groups excluding carboxylic acids is 1. The minimum absolute atomic E-state index is 0.174. The zero-order chi connectivity index (χ0) is 16.8. The highest BCUT2D eigenvalue weighted by molar-refractivity contribution is 5.78. The number of hydrogen-bond acceptors (Lipinski definition) is 2. The summed E-state index contributed by atoms with van der Waals surface area (Å²) in [5.74, 6) is -0.0160. The van der Waals surface area contributed by atoms with Gasteiger partial charge in [0.2, 0.25) is 5.91 Å². The molecule has 2 fully saturated rings. The summed E-state index contributed by atoms with van der Waals surface area (Å²) in [5, 5.41) is 3.25. The Balaban J connectivity index is 1.49. The first kappa shape index (κ1) is 17.4. The fourth-order valence-corrected chi connectivity index (χ4v) is 4.11. The number of rotatable bonds is 5.